The van der Waals surface area contributed by atoms with E-state index in [9.17, 15) is 14.4 Å². The molecule has 1 atom stereocenters. The Labute approximate surface area is 183 Å². The van der Waals surface area contributed by atoms with Crippen LogP contribution in [0.1, 0.15) is 43.2 Å². The van der Waals surface area contributed by atoms with Gasteiger partial charge in [-0.1, -0.05) is 30.3 Å². The number of likely N-dealkylation sites (tertiary alicyclic amines) is 1. The van der Waals surface area contributed by atoms with Crippen molar-refractivity contribution >= 4 is 29.1 Å². The fourth-order valence-electron chi connectivity index (χ4n) is 3.60. The van der Waals surface area contributed by atoms with E-state index in [0.29, 0.717) is 34.1 Å². The maximum atomic E-state index is 12.7. The number of nitrogens with one attached hydrogen (secondary N) is 1. The number of aromatic nitrogens is 1. The van der Waals surface area contributed by atoms with E-state index in [2.05, 4.69) is 10.3 Å². The molecule has 1 fully saturated rings. The third-order valence-corrected chi connectivity index (χ3v) is 6.20. The van der Waals surface area contributed by atoms with E-state index in [1.165, 1.54) is 29.7 Å². The van der Waals surface area contributed by atoms with Gasteiger partial charge < -0.3 is 15.3 Å². The summed E-state index contributed by atoms with van der Waals surface area (Å²) < 4.78 is 0. The van der Waals surface area contributed by atoms with E-state index >= 15 is 0 Å². The molecule has 1 unspecified atom stereocenters. The molecule has 1 aliphatic rings. The summed E-state index contributed by atoms with van der Waals surface area (Å²) in [7, 11) is 0. The van der Waals surface area contributed by atoms with Crippen molar-refractivity contribution in [3.05, 3.63) is 76.8 Å². The SMILES string of the molecule is O=C(O)c1cccc(-c2ncc(C(=O)NC3CCCN(C(=O)c4ccccc4)C3)s2)c1. The van der Waals surface area contributed by atoms with Crippen LogP contribution in [0.2, 0.25) is 0 Å². The number of hydrogen-bond acceptors (Lipinski definition) is 5. The van der Waals surface area contributed by atoms with Crippen molar-refractivity contribution in [1.29, 1.82) is 0 Å². The van der Waals surface area contributed by atoms with Crippen molar-refractivity contribution < 1.29 is 19.5 Å². The topological polar surface area (TPSA) is 99.6 Å². The summed E-state index contributed by atoms with van der Waals surface area (Å²) in [4.78, 5) is 43.1. The van der Waals surface area contributed by atoms with Gasteiger partial charge in [-0.25, -0.2) is 9.78 Å². The largest absolute Gasteiger partial charge is 0.478 e. The van der Waals surface area contributed by atoms with Gasteiger partial charge in [0.2, 0.25) is 0 Å². The molecule has 2 heterocycles. The van der Waals surface area contributed by atoms with Crippen LogP contribution in [-0.2, 0) is 0 Å². The van der Waals surface area contributed by atoms with Gasteiger partial charge in [-0.3, -0.25) is 9.59 Å². The van der Waals surface area contributed by atoms with E-state index in [1.807, 2.05) is 18.2 Å². The van der Waals surface area contributed by atoms with E-state index in [1.54, 1.807) is 29.2 Å². The van der Waals surface area contributed by atoms with Gasteiger partial charge in [-0.05, 0) is 37.1 Å². The summed E-state index contributed by atoms with van der Waals surface area (Å²) in [6.45, 7) is 1.14. The third kappa shape index (κ3) is 4.80. The second-order valence-electron chi connectivity index (χ2n) is 7.35. The number of thiazole rings is 1. The molecule has 2 amide bonds. The molecular weight excluding hydrogens is 414 g/mol. The number of amides is 2. The summed E-state index contributed by atoms with van der Waals surface area (Å²) in [6.07, 6.45) is 3.12. The Bertz CT molecular complexity index is 1110. The lowest BCUT2D eigenvalue weighted by Gasteiger charge is -2.33. The predicted octanol–water partition coefficient (Wildman–Crippen LogP) is 3.54. The molecule has 1 aliphatic heterocycles. The van der Waals surface area contributed by atoms with Crippen LogP contribution in [0, 0.1) is 0 Å². The number of benzene rings is 2. The molecule has 1 saturated heterocycles. The average molecular weight is 436 g/mol. The number of aromatic carboxylic acids is 1. The second-order valence-corrected chi connectivity index (χ2v) is 8.38. The lowest BCUT2D eigenvalue weighted by Crippen LogP contribution is -2.49. The van der Waals surface area contributed by atoms with Crippen molar-refractivity contribution in [1.82, 2.24) is 15.2 Å². The standard InChI is InChI=1S/C23H21N3O4S/c27-20(19-13-24-21(31-19)16-8-4-9-17(12-16)23(29)30)25-18-10-5-11-26(14-18)22(28)15-6-2-1-3-7-15/h1-4,6-9,12-13,18H,5,10-11,14H2,(H,25,27)(H,29,30). The molecule has 8 heteroatoms. The first-order chi connectivity index (χ1) is 15.0. The van der Waals surface area contributed by atoms with Crippen LogP contribution in [0.25, 0.3) is 10.6 Å². The summed E-state index contributed by atoms with van der Waals surface area (Å²) in [5.74, 6) is -1.28. The van der Waals surface area contributed by atoms with Crippen LogP contribution in [0.3, 0.4) is 0 Å². The maximum absolute atomic E-state index is 12.7. The van der Waals surface area contributed by atoms with Gasteiger partial charge in [0.1, 0.15) is 9.88 Å². The van der Waals surface area contributed by atoms with Crippen LogP contribution in [0.15, 0.2) is 60.8 Å². The number of carbonyl (C=O) groups is 3. The molecule has 0 saturated carbocycles. The Kier molecular flexibility index (Phi) is 6.08. The van der Waals surface area contributed by atoms with Gasteiger partial charge in [0, 0.05) is 30.3 Å². The molecule has 2 aromatic carbocycles. The number of carboxylic acid groups (broad SMARTS) is 1. The molecule has 158 valence electrons. The molecule has 0 spiro atoms. The minimum atomic E-state index is -1.01. The van der Waals surface area contributed by atoms with Crippen LogP contribution < -0.4 is 5.32 Å². The van der Waals surface area contributed by atoms with Gasteiger partial charge in [-0.2, -0.15) is 0 Å². The van der Waals surface area contributed by atoms with Gasteiger partial charge >= 0.3 is 5.97 Å². The first-order valence-corrected chi connectivity index (χ1v) is 10.8. The Balaban J connectivity index is 1.41. The minimum Gasteiger partial charge on any atom is -0.478 e. The predicted molar refractivity (Wildman–Crippen MR) is 117 cm³/mol. The number of nitrogens with zero attached hydrogens (tertiary/aromatic N) is 2. The Morgan fingerprint density at radius 2 is 1.84 bits per heavy atom. The normalized spacial score (nSPS) is 16.0. The monoisotopic (exact) mass is 435 g/mol. The highest BCUT2D eigenvalue weighted by molar-refractivity contribution is 7.16. The van der Waals surface area contributed by atoms with E-state index in [-0.39, 0.29) is 23.4 Å². The van der Waals surface area contributed by atoms with Crippen molar-refractivity contribution in [2.75, 3.05) is 13.1 Å². The smallest absolute Gasteiger partial charge is 0.335 e. The van der Waals surface area contributed by atoms with Crippen LogP contribution >= 0.6 is 11.3 Å². The zero-order chi connectivity index (χ0) is 21.8. The van der Waals surface area contributed by atoms with E-state index < -0.39 is 5.97 Å². The fraction of sp³-hybridized carbons (Fsp3) is 0.217. The number of piperidine rings is 1. The highest BCUT2D eigenvalue weighted by Gasteiger charge is 2.26. The van der Waals surface area contributed by atoms with E-state index in [0.717, 1.165) is 12.8 Å². The number of hydrogen-bond donors (Lipinski definition) is 2. The maximum Gasteiger partial charge on any atom is 0.335 e. The Morgan fingerprint density at radius 1 is 1.06 bits per heavy atom. The summed E-state index contributed by atoms with van der Waals surface area (Å²) in [6, 6.07) is 15.5. The number of carboxylic acids is 1. The number of carbonyl (C=O) groups excluding carboxylic acids is 2. The quantitative estimate of drug-likeness (QED) is 0.639. The van der Waals surface area contributed by atoms with Gasteiger partial charge in [0.15, 0.2) is 0 Å². The summed E-state index contributed by atoms with van der Waals surface area (Å²) in [5, 5.41) is 12.7. The molecule has 4 rings (SSSR count). The van der Waals surface area contributed by atoms with Crippen molar-refractivity contribution in [3.63, 3.8) is 0 Å². The van der Waals surface area contributed by atoms with E-state index in [4.69, 9.17) is 5.11 Å². The molecule has 3 aromatic rings. The molecule has 0 radical (unpaired) electrons. The van der Waals surface area contributed by atoms with Gasteiger partial charge in [-0.15, -0.1) is 11.3 Å². The Hall–Kier alpha value is -3.52. The second kappa shape index (κ2) is 9.09. The summed E-state index contributed by atoms with van der Waals surface area (Å²) >= 11 is 1.21. The van der Waals surface area contributed by atoms with Gasteiger partial charge in [0.25, 0.3) is 11.8 Å². The first-order valence-electron chi connectivity index (χ1n) is 9.96. The fourth-order valence-corrected chi connectivity index (χ4v) is 4.41. The van der Waals surface area contributed by atoms with Crippen LogP contribution in [0.5, 0.6) is 0 Å². The van der Waals surface area contributed by atoms with Crippen molar-refractivity contribution in [3.8, 4) is 10.6 Å². The van der Waals surface area contributed by atoms with Crippen molar-refractivity contribution in [2.45, 2.75) is 18.9 Å². The molecular formula is C23H21N3O4S. The summed E-state index contributed by atoms with van der Waals surface area (Å²) in [5.41, 5.74) is 1.47. The molecule has 1 aromatic heterocycles. The zero-order valence-corrected chi connectivity index (χ0v) is 17.5. The van der Waals surface area contributed by atoms with Gasteiger partial charge in [0.05, 0.1) is 11.8 Å². The lowest BCUT2D eigenvalue weighted by molar-refractivity contribution is 0.0675. The molecule has 0 bridgehead atoms. The lowest BCUT2D eigenvalue weighted by atomic mass is 10.0. The molecule has 31 heavy (non-hydrogen) atoms. The molecule has 7 nitrogen and oxygen atoms in total. The average Bonchev–Trinajstić information content (AvgIpc) is 3.30. The first kappa shape index (κ1) is 20.7. The van der Waals surface area contributed by atoms with Crippen LogP contribution in [-0.4, -0.2) is 51.9 Å². The molecule has 0 aliphatic carbocycles. The Morgan fingerprint density at radius 3 is 2.61 bits per heavy atom. The van der Waals surface area contributed by atoms with Crippen LogP contribution in [0.4, 0.5) is 0 Å². The highest BCUT2D eigenvalue weighted by Crippen LogP contribution is 2.26. The van der Waals surface area contributed by atoms with Crippen molar-refractivity contribution in [2.24, 2.45) is 0 Å². The zero-order valence-electron chi connectivity index (χ0n) is 16.7. The molecule has 2 N–H and O–H groups in total. The minimum absolute atomic E-state index is 0.0297. The number of rotatable bonds is 5. The highest BCUT2D eigenvalue weighted by atomic mass is 32.1. The third-order valence-electron chi connectivity index (χ3n) is 5.15.